The fraction of sp³-hybridized carbons (Fsp3) is 0.556. The van der Waals surface area contributed by atoms with Gasteiger partial charge in [-0.3, -0.25) is 10.2 Å². The fourth-order valence-electron chi connectivity index (χ4n) is 6.10. The molecule has 1 unspecified atom stereocenters. The minimum atomic E-state index is -0.430. The van der Waals surface area contributed by atoms with Crippen LogP contribution in [0.1, 0.15) is 31.2 Å². The number of aliphatic hydroxyl groups excluding tert-OH is 1. The second kappa shape index (κ2) is 11.0. The second-order valence-corrected chi connectivity index (χ2v) is 11.3. The van der Waals surface area contributed by atoms with E-state index in [4.69, 9.17) is 16.3 Å². The van der Waals surface area contributed by atoms with Crippen molar-refractivity contribution in [2.45, 2.75) is 38.3 Å². The molecule has 2 saturated heterocycles. The van der Waals surface area contributed by atoms with E-state index in [9.17, 15) is 14.3 Å². The maximum Gasteiger partial charge on any atom is 0.308 e. The van der Waals surface area contributed by atoms with Gasteiger partial charge in [-0.15, -0.1) is 5.10 Å². The number of benzene rings is 1. The van der Waals surface area contributed by atoms with Crippen molar-refractivity contribution in [1.82, 2.24) is 25.2 Å². The van der Waals surface area contributed by atoms with E-state index >= 15 is 0 Å². The first kappa shape index (κ1) is 25.9. The van der Waals surface area contributed by atoms with Crippen molar-refractivity contribution in [3.63, 3.8) is 0 Å². The molecule has 3 aliphatic heterocycles. The summed E-state index contributed by atoms with van der Waals surface area (Å²) >= 11 is 5.90. The van der Waals surface area contributed by atoms with Crippen molar-refractivity contribution in [2.75, 3.05) is 44.2 Å². The molecule has 3 fully saturated rings. The molecule has 4 heterocycles. The molecule has 1 saturated carbocycles. The van der Waals surface area contributed by atoms with E-state index in [0.29, 0.717) is 48.5 Å². The number of nitrogens with one attached hydrogen (secondary N) is 1. The van der Waals surface area contributed by atoms with Crippen LogP contribution in [0.15, 0.2) is 35.7 Å². The average molecular weight is 558 g/mol. The minimum Gasteiger partial charge on any atom is -0.493 e. The van der Waals surface area contributed by atoms with Crippen molar-refractivity contribution in [2.24, 2.45) is 22.9 Å². The van der Waals surface area contributed by atoms with Crippen LogP contribution in [0.5, 0.6) is 5.75 Å². The number of piperazine rings is 1. The number of amidine groups is 1. The summed E-state index contributed by atoms with van der Waals surface area (Å²) in [5, 5.41) is 14.0. The number of fused-ring (bicyclic) bond motifs is 1. The molecular formula is C27H33ClFN7O3. The Balaban J connectivity index is 0.912. The zero-order valence-corrected chi connectivity index (χ0v) is 22.4. The molecule has 39 heavy (non-hydrogen) atoms. The van der Waals surface area contributed by atoms with E-state index in [0.717, 1.165) is 50.1 Å². The summed E-state index contributed by atoms with van der Waals surface area (Å²) in [5.41, 5.74) is 3.16. The first-order valence-corrected chi connectivity index (χ1v) is 14.0. The molecule has 6 rings (SSSR count). The quantitative estimate of drug-likeness (QED) is 0.510. The molecule has 1 aromatic carbocycles. The van der Waals surface area contributed by atoms with Gasteiger partial charge in [0.05, 0.1) is 37.0 Å². The molecule has 1 amide bonds. The van der Waals surface area contributed by atoms with Gasteiger partial charge in [0.2, 0.25) is 11.9 Å². The Morgan fingerprint density at radius 3 is 2.74 bits per heavy atom. The number of hydrogen-bond acceptors (Lipinski definition) is 8. The largest absolute Gasteiger partial charge is 0.493 e. The Morgan fingerprint density at radius 1 is 1.18 bits per heavy atom. The van der Waals surface area contributed by atoms with E-state index in [2.05, 4.69) is 25.4 Å². The summed E-state index contributed by atoms with van der Waals surface area (Å²) in [4.78, 5) is 27.0. The maximum atomic E-state index is 14.8. The summed E-state index contributed by atoms with van der Waals surface area (Å²) in [7, 11) is 0. The van der Waals surface area contributed by atoms with Gasteiger partial charge in [-0.1, -0.05) is 17.7 Å². The predicted molar refractivity (Wildman–Crippen MR) is 144 cm³/mol. The molecule has 12 heteroatoms. The van der Waals surface area contributed by atoms with Crippen LogP contribution >= 0.6 is 11.6 Å². The van der Waals surface area contributed by atoms with Crippen LogP contribution in [-0.2, 0) is 11.2 Å². The molecular weight excluding hydrogens is 525 g/mol. The molecule has 2 aromatic rings. The number of halogens is 2. The van der Waals surface area contributed by atoms with Gasteiger partial charge >= 0.3 is 6.02 Å². The van der Waals surface area contributed by atoms with Gasteiger partial charge in [0.15, 0.2) is 0 Å². The first-order chi connectivity index (χ1) is 18.9. The molecule has 0 radical (unpaired) electrons. The van der Waals surface area contributed by atoms with Gasteiger partial charge in [-0.05, 0) is 55.1 Å². The maximum absolute atomic E-state index is 14.8. The number of carbonyl (C=O) groups is 1. The standard InChI is InChI=1S/C27H33ClFN7O3/c28-20-14-30-26(31-15-20)34-6-3-17(4-7-34)22-11-18(22)5-10-39-21-2-1-19(23(29)13-21)12-25(37)35-8-9-36-24(16-35)32-33-27(36)38/h1-2,13-15,17-18,22,24,32H,3-12,16H2,(H,33,38)/t18-,22-,24?/m1/s1. The monoisotopic (exact) mass is 557 g/mol. The number of piperidine rings is 1. The molecule has 4 aliphatic rings. The molecule has 0 spiro atoms. The van der Waals surface area contributed by atoms with Gasteiger partial charge in [0, 0.05) is 32.2 Å². The lowest BCUT2D eigenvalue weighted by Crippen LogP contribution is -2.57. The fourth-order valence-corrected chi connectivity index (χ4v) is 6.19. The summed E-state index contributed by atoms with van der Waals surface area (Å²) in [6.45, 7) is 3.81. The van der Waals surface area contributed by atoms with Crippen molar-refractivity contribution in [3.8, 4) is 5.75 Å². The lowest BCUT2D eigenvalue weighted by molar-refractivity contribution is -0.133. The van der Waals surface area contributed by atoms with Crippen LogP contribution in [0.2, 0.25) is 5.02 Å². The third-order valence-electron chi connectivity index (χ3n) is 8.44. The summed E-state index contributed by atoms with van der Waals surface area (Å²) in [5.74, 6) is 2.79. The van der Waals surface area contributed by atoms with Crippen LogP contribution in [-0.4, -0.2) is 82.3 Å². The Morgan fingerprint density at radius 2 is 1.97 bits per heavy atom. The molecule has 3 atom stereocenters. The highest BCUT2D eigenvalue weighted by molar-refractivity contribution is 6.30. The molecule has 0 bridgehead atoms. The lowest BCUT2D eigenvalue weighted by Gasteiger charge is -2.37. The smallest absolute Gasteiger partial charge is 0.308 e. The summed E-state index contributed by atoms with van der Waals surface area (Å²) in [6.07, 6.45) is 7.51. The van der Waals surface area contributed by atoms with Gasteiger partial charge < -0.3 is 24.5 Å². The SMILES string of the molecule is O=C(Cc1ccc(OCC[C@@H]2C[C@@H]2C2CCN(c3ncc(Cl)cn3)CC2)cc1F)N1CCN2C(O)=NNC2C1. The third-order valence-corrected chi connectivity index (χ3v) is 8.63. The van der Waals surface area contributed by atoms with Crippen molar-refractivity contribution < 1.29 is 19.0 Å². The summed E-state index contributed by atoms with van der Waals surface area (Å²) < 4.78 is 20.6. The number of amides is 1. The normalized spacial score (nSPS) is 24.7. The van der Waals surface area contributed by atoms with E-state index in [1.807, 2.05) is 0 Å². The van der Waals surface area contributed by atoms with Crippen LogP contribution in [0.4, 0.5) is 10.3 Å². The number of ether oxygens (including phenoxy) is 1. The van der Waals surface area contributed by atoms with Crippen LogP contribution in [0.25, 0.3) is 0 Å². The highest BCUT2D eigenvalue weighted by Gasteiger charge is 2.43. The number of carbonyl (C=O) groups excluding carboxylic acids is 1. The highest BCUT2D eigenvalue weighted by atomic mass is 35.5. The average Bonchev–Trinajstić information content (AvgIpc) is 3.63. The number of anilines is 1. The number of aromatic nitrogens is 2. The van der Waals surface area contributed by atoms with E-state index in [-0.39, 0.29) is 24.5 Å². The number of nitrogens with zero attached hydrogens (tertiary/aromatic N) is 6. The molecule has 1 aromatic heterocycles. The first-order valence-electron chi connectivity index (χ1n) is 13.6. The topological polar surface area (TPSA) is 106 Å². The van der Waals surface area contributed by atoms with Crippen molar-refractivity contribution in [3.05, 3.63) is 47.0 Å². The Hall–Kier alpha value is -3.34. The number of hydrogen-bond donors (Lipinski definition) is 2. The lowest BCUT2D eigenvalue weighted by atomic mass is 9.90. The Bertz CT molecular complexity index is 1220. The number of rotatable bonds is 8. The van der Waals surface area contributed by atoms with Gasteiger partial charge in [-0.2, -0.15) is 0 Å². The van der Waals surface area contributed by atoms with E-state index < -0.39 is 5.82 Å². The number of hydrazone groups is 1. The molecule has 208 valence electrons. The zero-order valence-electron chi connectivity index (χ0n) is 21.7. The van der Waals surface area contributed by atoms with Gasteiger partial charge in [0.1, 0.15) is 17.7 Å². The Kier molecular flexibility index (Phi) is 7.33. The van der Waals surface area contributed by atoms with Crippen LogP contribution in [0.3, 0.4) is 0 Å². The molecule has 2 N–H and O–H groups in total. The zero-order chi connectivity index (χ0) is 26.9. The molecule has 1 aliphatic carbocycles. The van der Waals surface area contributed by atoms with Crippen LogP contribution < -0.4 is 15.1 Å². The highest BCUT2D eigenvalue weighted by Crippen LogP contribution is 2.49. The summed E-state index contributed by atoms with van der Waals surface area (Å²) in [6, 6.07) is 4.70. The van der Waals surface area contributed by atoms with Crippen LogP contribution in [0, 0.1) is 23.6 Å². The van der Waals surface area contributed by atoms with Gasteiger partial charge in [-0.25, -0.2) is 14.4 Å². The van der Waals surface area contributed by atoms with E-state index in [1.165, 1.54) is 12.5 Å². The van der Waals surface area contributed by atoms with E-state index in [1.54, 1.807) is 34.3 Å². The Labute approximate surface area is 231 Å². The van der Waals surface area contributed by atoms with Gasteiger partial charge in [0.25, 0.3) is 0 Å². The predicted octanol–water partition coefficient (Wildman–Crippen LogP) is 3.04. The number of aliphatic hydroxyl groups is 1. The van der Waals surface area contributed by atoms with Crippen molar-refractivity contribution >= 4 is 29.5 Å². The minimum absolute atomic E-state index is 0.0155. The third kappa shape index (κ3) is 5.83. The molecule has 10 nitrogen and oxygen atoms in total. The van der Waals surface area contributed by atoms with Crippen molar-refractivity contribution in [1.29, 1.82) is 0 Å². The second-order valence-electron chi connectivity index (χ2n) is 10.8.